The van der Waals surface area contributed by atoms with Crippen LogP contribution in [0.2, 0.25) is 0 Å². The molecule has 3 rings (SSSR count). The van der Waals surface area contributed by atoms with Gasteiger partial charge in [0.25, 0.3) is 11.8 Å². The maximum absolute atomic E-state index is 12.3. The Morgan fingerprint density at radius 1 is 1.08 bits per heavy atom. The Bertz CT molecular complexity index is 846. The number of hydrogen-bond acceptors (Lipinski definition) is 6. The van der Waals surface area contributed by atoms with Gasteiger partial charge in [-0.2, -0.15) is 0 Å². The first kappa shape index (κ1) is 16.2. The second kappa shape index (κ2) is 7.24. The van der Waals surface area contributed by atoms with Crippen molar-refractivity contribution in [1.82, 2.24) is 4.98 Å². The van der Waals surface area contributed by atoms with Gasteiger partial charge in [0, 0.05) is 23.3 Å². The molecule has 2 heterocycles. The zero-order valence-electron chi connectivity index (χ0n) is 12.6. The number of nitrogens with one attached hydrogen (secondary N) is 2. The summed E-state index contributed by atoms with van der Waals surface area (Å²) in [6.07, 6.45) is 1.61. The first-order valence-corrected chi connectivity index (χ1v) is 8.67. The third-order valence-electron chi connectivity index (χ3n) is 3.10. The number of thiophene rings is 1. The third kappa shape index (κ3) is 3.61. The molecule has 2 aromatic heterocycles. The monoisotopic (exact) mass is 359 g/mol. The highest BCUT2D eigenvalue weighted by Gasteiger charge is 2.15. The van der Waals surface area contributed by atoms with E-state index in [1.807, 2.05) is 11.4 Å². The minimum atomic E-state index is -0.321. The SMILES string of the molecule is COc1cc(NC(=O)c2cccs2)ccc1C(=O)Nc1nccs1. The molecule has 0 bridgehead atoms. The lowest BCUT2D eigenvalue weighted by atomic mass is 10.1. The number of carbonyl (C=O) groups is 2. The molecule has 0 atom stereocenters. The summed E-state index contributed by atoms with van der Waals surface area (Å²) >= 11 is 2.69. The fraction of sp³-hybridized carbons (Fsp3) is 0.0625. The molecule has 8 heteroatoms. The molecule has 0 saturated carbocycles. The van der Waals surface area contributed by atoms with Gasteiger partial charge >= 0.3 is 0 Å². The van der Waals surface area contributed by atoms with E-state index in [4.69, 9.17) is 4.74 Å². The van der Waals surface area contributed by atoms with Gasteiger partial charge in [-0.25, -0.2) is 4.98 Å². The van der Waals surface area contributed by atoms with Crippen molar-refractivity contribution in [3.8, 4) is 5.75 Å². The maximum Gasteiger partial charge on any atom is 0.265 e. The molecule has 0 fully saturated rings. The zero-order chi connectivity index (χ0) is 16.9. The number of rotatable bonds is 5. The summed E-state index contributed by atoms with van der Waals surface area (Å²) in [6, 6.07) is 8.43. The van der Waals surface area contributed by atoms with Crippen molar-refractivity contribution in [1.29, 1.82) is 0 Å². The lowest BCUT2D eigenvalue weighted by Crippen LogP contribution is -2.14. The number of thiazole rings is 1. The molecule has 6 nitrogen and oxygen atoms in total. The minimum absolute atomic E-state index is 0.202. The van der Waals surface area contributed by atoms with Crippen LogP contribution >= 0.6 is 22.7 Å². The summed E-state index contributed by atoms with van der Waals surface area (Å²) in [6.45, 7) is 0. The number of carbonyl (C=O) groups excluding carboxylic acids is 2. The highest BCUT2D eigenvalue weighted by Crippen LogP contribution is 2.25. The Labute approximate surface area is 146 Å². The fourth-order valence-corrected chi connectivity index (χ4v) is 3.15. The average Bonchev–Trinajstić information content (AvgIpc) is 3.28. The second-order valence-electron chi connectivity index (χ2n) is 4.64. The molecule has 1 aromatic carbocycles. The van der Waals surface area contributed by atoms with Crippen molar-refractivity contribution in [2.75, 3.05) is 17.7 Å². The number of aromatic nitrogens is 1. The van der Waals surface area contributed by atoms with Crippen LogP contribution in [0.5, 0.6) is 5.75 Å². The molecule has 24 heavy (non-hydrogen) atoms. The van der Waals surface area contributed by atoms with E-state index in [2.05, 4.69) is 15.6 Å². The largest absolute Gasteiger partial charge is 0.496 e. The quantitative estimate of drug-likeness (QED) is 0.728. The number of amides is 2. The van der Waals surface area contributed by atoms with Gasteiger partial charge in [-0.05, 0) is 23.6 Å². The minimum Gasteiger partial charge on any atom is -0.496 e. The van der Waals surface area contributed by atoms with E-state index in [9.17, 15) is 9.59 Å². The molecule has 2 N–H and O–H groups in total. The Morgan fingerprint density at radius 2 is 1.96 bits per heavy atom. The van der Waals surface area contributed by atoms with Crippen LogP contribution in [0.25, 0.3) is 0 Å². The molecule has 0 spiro atoms. The predicted octanol–water partition coefficient (Wildman–Crippen LogP) is 3.72. The molecule has 0 saturated heterocycles. The predicted molar refractivity (Wildman–Crippen MR) is 95.3 cm³/mol. The van der Waals surface area contributed by atoms with Crippen molar-refractivity contribution in [3.63, 3.8) is 0 Å². The van der Waals surface area contributed by atoms with Crippen molar-refractivity contribution >= 4 is 45.3 Å². The number of methoxy groups -OCH3 is 1. The van der Waals surface area contributed by atoms with E-state index in [0.29, 0.717) is 27.0 Å². The fourth-order valence-electron chi connectivity index (χ4n) is 2.01. The summed E-state index contributed by atoms with van der Waals surface area (Å²) < 4.78 is 5.27. The van der Waals surface area contributed by atoms with E-state index < -0.39 is 0 Å². The van der Waals surface area contributed by atoms with E-state index in [1.165, 1.54) is 29.8 Å². The van der Waals surface area contributed by atoms with Crippen molar-refractivity contribution in [2.45, 2.75) is 0 Å². The summed E-state index contributed by atoms with van der Waals surface area (Å²) in [5.74, 6) is -0.155. The van der Waals surface area contributed by atoms with Gasteiger partial charge in [-0.1, -0.05) is 6.07 Å². The van der Waals surface area contributed by atoms with Crippen LogP contribution in [0.4, 0.5) is 10.8 Å². The van der Waals surface area contributed by atoms with Crippen LogP contribution in [0.15, 0.2) is 47.3 Å². The third-order valence-corrected chi connectivity index (χ3v) is 4.66. The molecule has 122 valence electrons. The topological polar surface area (TPSA) is 80.3 Å². The number of anilines is 2. The van der Waals surface area contributed by atoms with Crippen LogP contribution in [0.3, 0.4) is 0 Å². The average molecular weight is 359 g/mol. The van der Waals surface area contributed by atoms with E-state index >= 15 is 0 Å². The van der Waals surface area contributed by atoms with Gasteiger partial charge in [-0.3, -0.25) is 14.9 Å². The van der Waals surface area contributed by atoms with Gasteiger partial charge in [0.1, 0.15) is 5.75 Å². The van der Waals surface area contributed by atoms with E-state index in [-0.39, 0.29) is 11.8 Å². The Balaban J connectivity index is 1.77. The van der Waals surface area contributed by atoms with Gasteiger partial charge in [0.05, 0.1) is 17.6 Å². The van der Waals surface area contributed by atoms with Crippen LogP contribution in [0.1, 0.15) is 20.0 Å². The van der Waals surface area contributed by atoms with Crippen molar-refractivity contribution in [3.05, 3.63) is 57.7 Å². The molecule has 0 aliphatic carbocycles. The van der Waals surface area contributed by atoms with Crippen LogP contribution in [-0.2, 0) is 0 Å². The lowest BCUT2D eigenvalue weighted by molar-refractivity contribution is 0.101. The summed E-state index contributed by atoms with van der Waals surface area (Å²) in [7, 11) is 1.47. The number of benzene rings is 1. The van der Waals surface area contributed by atoms with Crippen molar-refractivity contribution in [2.24, 2.45) is 0 Å². The molecule has 3 aromatic rings. The molecule has 2 amide bonds. The Hall–Kier alpha value is -2.71. The molecule has 0 aliphatic rings. The standard InChI is InChI=1S/C16H13N3O3S2/c1-22-12-9-10(18-15(21)13-3-2-7-23-13)4-5-11(12)14(20)19-16-17-6-8-24-16/h2-9H,1H3,(H,18,21)(H,17,19,20). The summed E-state index contributed by atoms with van der Waals surface area (Å²) in [5, 5.41) is 9.60. The van der Waals surface area contributed by atoms with Crippen LogP contribution in [-0.4, -0.2) is 23.9 Å². The maximum atomic E-state index is 12.3. The summed E-state index contributed by atoms with van der Waals surface area (Å²) in [4.78, 5) is 29.0. The normalized spacial score (nSPS) is 10.2. The second-order valence-corrected chi connectivity index (χ2v) is 6.48. The molecule has 0 aliphatic heterocycles. The summed E-state index contributed by atoms with van der Waals surface area (Å²) in [5.41, 5.74) is 0.915. The number of ether oxygens (including phenoxy) is 1. The highest BCUT2D eigenvalue weighted by atomic mass is 32.1. The lowest BCUT2D eigenvalue weighted by Gasteiger charge is -2.11. The van der Waals surface area contributed by atoms with Crippen LogP contribution < -0.4 is 15.4 Å². The van der Waals surface area contributed by atoms with Gasteiger partial charge in [-0.15, -0.1) is 22.7 Å². The number of nitrogens with zero attached hydrogens (tertiary/aromatic N) is 1. The van der Waals surface area contributed by atoms with Gasteiger partial charge in [0.15, 0.2) is 5.13 Å². The zero-order valence-corrected chi connectivity index (χ0v) is 14.2. The Morgan fingerprint density at radius 3 is 2.62 bits per heavy atom. The smallest absolute Gasteiger partial charge is 0.265 e. The van der Waals surface area contributed by atoms with E-state index in [0.717, 1.165) is 0 Å². The molecule has 0 radical (unpaired) electrons. The van der Waals surface area contributed by atoms with Crippen molar-refractivity contribution < 1.29 is 14.3 Å². The first-order chi connectivity index (χ1) is 11.7. The molecular formula is C16H13N3O3S2. The van der Waals surface area contributed by atoms with Crippen LogP contribution in [0, 0.1) is 0 Å². The van der Waals surface area contributed by atoms with Gasteiger partial charge in [0.2, 0.25) is 0 Å². The number of hydrogen-bond donors (Lipinski definition) is 2. The Kier molecular flexibility index (Phi) is 4.88. The van der Waals surface area contributed by atoms with E-state index in [1.54, 1.807) is 35.8 Å². The first-order valence-electron chi connectivity index (χ1n) is 6.91. The van der Waals surface area contributed by atoms with Gasteiger partial charge < -0.3 is 10.1 Å². The molecule has 0 unspecified atom stereocenters. The molecular weight excluding hydrogens is 346 g/mol. The highest BCUT2D eigenvalue weighted by molar-refractivity contribution is 7.13.